The van der Waals surface area contributed by atoms with Crippen LogP contribution in [0.25, 0.3) is 0 Å². The van der Waals surface area contributed by atoms with E-state index in [9.17, 15) is 5.11 Å². The Labute approximate surface area is 135 Å². The molecule has 2 atom stereocenters. The molecule has 1 saturated heterocycles. The molecule has 0 aliphatic carbocycles. The number of ether oxygens (including phenoxy) is 2. The SMILES string of the molecule is CCOc1cc(CC2CN(C)CCC2O)cc(Br)c1OC. The lowest BCUT2D eigenvalue weighted by Crippen LogP contribution is -2.41. The number of methoxy groups -OCH3 is 1. The van der Waals surface area contributed by atoms with Gasteiger partial charge in [-0.15, -0.1) is 0 Å². The van der Waals surface area contributed by atoms with Crippen molar-refractivity contribution in [1.82, 2.24) is 4.90 Å². The lowest BCUT2D eigenvalue weighted by molar-refractivity contribution is 0.0366. The molecular formula is C16H24BrNO3. The molecule has 1 N–H and O–H groups in total. The summed E-state index contributed by atoms with van der Waals surface area (Å²) in [7, 11) is 3.75. The predicted octanol–water partition coefficient (Wildman–Crippen LogP) is 2.71. The van der Waals surface area contributed by atoms with Crippen molar-refractivity contribution >= 4 is 15.9 Å². The molecule has 4 nitrogen and oxygen atoms in total. The standard InChI is InChI=1S/C16H24BrNO3/c1-4-21-15-9-11(8-13(17)16(15)20-3)7-12-10-18(2)6-5-14(12)19/h8-9,12,14,19H,4-7,10H2,1-3H3. The minimum atomic E-state index is -0.224. The predicted molar refractivity (Wildman–Crippen MR) is 87.2 cm³/mol. The summed E-state index contributed by atoms with van der Waals surface area (Å²) in [6, 6.07) is 4.08. The topological polar surface area (TPSA) is 41.9 Å². The smallest absolute Gasteiger partial charge is 0.174 e. The fraction of sp³-hybridized carbons (Fsp3) is 0.625. The van der Waals surface area contributed by atoms with Gasteiger partial charge in [-0.3, -0.25) is 0 Å². The fourth-order valence-corrected chi connectivity index (χ4v) is 3.56. The zero-order valence-corrected chi connectivity index (χ0v) is 14.5. The Morgan fingerprint density at radius 3 is 2.86 bits per heavy atom. The van der Waals surface area contributed by atoms with Crippen molar-refractivity contribution in [3.63, 3.8) is 0 Å². The molecule has 118 valence electrons. The number of likely N-dealkylation sites (tertiary alicyclic amines) is 1. The number of nitrogens with zero attached hydrogens (tertiary/aromatic N) is 1. The van der Waals surface area contributed by atoms with Crippen molar-refractivity contribution < 1.29 is 14.6 Å². The van der Waals surface area contributed by atoms with Crippen LogP contribution >= 0.6 is 15.9 Å². The Hall–Kier alpha value is -0.780. The zero-order valence-electron chi connectivity index (χ0n) is 12.9. The summed E-state index contributed by atoms with van der Waals surface area (Å²) in [6.07, 6.45) is 1.46. The number of hydrogen-bond donors (Lipinski definition) is 1. The number of hydrogen-bond acceptors (Lipinski definition) is 4. The van der Waals surface area contributed by atoms with Crippen LogP contribution in [0.2, 0.25) is 0 Å². The first-order valence-electron chi connectivity index (χ1n) is 7.41. The van der Waals surface area contributed by atoms with Crippen LogP contribution < -0.4 is 9.47 Å². The van der Waals surface area contributed by atoms with Crippen LogP contribution in [0, 0.1) is 5.92 Å². The molecule has 1 heterocycles. The quantitative estimate of drug-likeness (QED) is 0.879. The Balaban J connectivity index is 2.19. The van der Waals surface area contributed by atoms with Gasteiger partial charge in [-0.1, -0.05) is 0 Å². The lowest BCUT2D eigenvalue weighted by atomic mass is 9.89. The maximum absolute atomic E-state index is 10.2. The highest BCUT2D eigenvalue weighted by Crippen LogP contribution is 2.37. The highest BCUT2D eigenvalue weighted by atomic mass is 79.9. The van der Waals surface area contributed by atoms with E-state index < -0.39 is 0 Å². The van der Waals surface area contributed by atoms with E-state index in [4.69, 9.17) is 9.47 Å². The van der Waals surface area contributed by atoms with Gasteiger partial charge in [0.1, 0.15) is 0 Å². The Bertz CT molecular complexity index is 481. The Kier molecular flexibility index (Phi) is 5.90. The molecule has 1 aliphatic heterocycles. The van der Waals surface area contributed by atoms with Gasteiger partial charge in [-0.05, 0) is 60.4 Å². The van der Waals surface area contributed by atoms with Crippen LogP contribution in [0.15, 0.2) is 16.6 Å². The molecule has 0 radical (unpaired) electrons. The van der Waals surface area contributed by atoms with Crippen molar-refractivity contribution in [2.45, 2.75) is 25.9 Å². The number of halogens is 1. The molecule has 5 heteroatoms. The van der Waals surface area contributed by atoms with Crippen molar-refractivity contribution in [2.75, 3.05) is 33.9 Å². The van der Waals surface area contributed by atoms with E-state index in [-0.39, 0.29) is 12.0 Å². The van der Waals surface area contributed by atoms with Crippen LogP contribution in [0.1, 0.15) is 18.9 Å². The molecular weight excluding hydrogens is 334 g/mol. The molecule has 1 aromatic carbocycles. The molecule has 0 saturated carbocycles. The lowest BCUT2D eigenvalue weighted by Gasteiger charge is -2.34. The first kappa shape index (κ1) is 16.6. The van der Waals surface area contributed by atoms with Crippen LogP contribution in [0.5, 0.6) is 11.5 Å². The van der Waals surface area contributed by atoms with Crippen LogP contribution in [0.3, 0.4) is 0 Å². The number of rotatable bonds is 5. The third kappa shape index (κ3) is 4.11. The molecule has 0 spiro atoms. The maximum atomic E-state index is 10.2. The minimum Gasteiger partial charge on any atom is -0.492 e. The first-order valence-corrected chi connectivity index (χ1v) is 8.20. The second-order valence-electron chi connectivity index (χ2n) is 5.62. The van der Waals surface area contributed by atoms with Crippen molar-refractivity contribution in [1.29, 1.82) is 0 Å². The van der Waals surface area contributed by atoms with E-state index in [0.29, 0.717) is 6.61 Å². The largest absolute Gasteiger partial charge is 0.492 e. The normalized spacial score (nSPS) is 23.1. The third-order valence-electron chi connectivity index (χ3n) is 3.97. The van der Waals surface area contributed by atoms with Gasteiger partial charge in [0, 0.05) is 19.0 Å². The van der Waals surface area contributed by atoms with Gasteiger partial charge in [-0.2, -0.15) is 0 Å². The van der Waals surface area contributed by atoms with Gasteiger partial charge in [0.2, 0.25) is 0 Å². The summed E-state index contributed by atoms with van der Waals surface area (Å²) >= 11 is 3.54. The van der Waals surface area contributed by atoms with Crippen molar-refractivity contribution in [3.05, 3.63) is 22.2 Å². The zero-order chi connectivity index (χ0) is 15.4. The summed E-state index contributed by atoms with van der Waals surface area (Å²) < 4.78 is 11.9. The van der Waals surface area contributed by atoms with E-state index >= 15 is 0 Å². The van der Waals surface area contributed by atoms with Crippen LogP contribution in [-0.4, -0.2) is 50.0 Å². The second kappa shape index (κ2) is 7.47. The van der Waals surface area contributed by atoms with E-state index in [0.717, 1.165) is 47.5 Å². The van der Waals surface area contributed by atoms with Gasteiger partial charge < -0.3 is 19.5 Å². The van der Waals surface area contributed by atoms with E-state index in [2.05, 4.69) is 33.9 Å². The van der Waals surface area contributed by atoms with Crippen molar-refractivity contribution in [2.24, 2.45) is 5.92 Å². The Morgan fingerprint density at radius 2 is 2.19 bits per heavy atom. The summed E-state index contributed by atoms with van der Waals surface area (Å²) in [5, 5.41) is 10.2. The molecule has 1 fully saturated rings. The summed E-state index contributed by atoms with van der Waals surface area (Å²) in [5.41, 5.74) is 1.16. The molecule has 2 unspecified atom stereocenters. The summed E-state index contributed by atoms with van der Waals surface area (Å²) in [4.78, 5) is 2.28. The molecule has 0 amide bonds. The highest BCUT2D eigenvalue weighted by molar-refractivity contribution is 9.10. The summed E-state index contributed by atoms with van der Waals surface area (Å²) in [5.74, 6) is 1.74. The molecule has 0 bridgehead atoms. The first-order chi connectivity index (χ1) is 10.0. The third-order valence-corrected chi connectivity index (χ3v) is 4.56. The fourth-order valence-electron chi connectivity index (χ4n) is 2.91. The van der Waals surface area contributed by atoms with Gasteiger partial charge >= 0.3 is 0 Å². The van der Waals surface area contributed by atoms with Gasteiger partial charge in [0.25, 0.3) is 0 Å². The average molecular weight is 358 g/mol. The number of benzene rings is 1. The van der Waals surface area contributed by atoms with Gasteiger partial charge in [0.15, 0.2) is 11.5 Å². The maximum Gasteiger partial charge on any atom is 0.174 e. The van der Waals surface area contributed by atoms with Crippen LogP contribution in [0.4, 0.5) is 0 Å². The number of aliphatic hydroxyl groups excluding tert-OH is 1. The molecule has 21 heavy (non-hydrogen) atoms. The molecule has 2 rings (SSSR count). The highest BCUT2D eigenvalue weighted by Gasteiger charge is 2.26. The van der Waals surface area contributed by atoms with E-state index in [1.807, 2.05) is 13.0 Å². The van der Waals surface area contributed by atoms with E-state index in [1.165, 1.54) is 0 Å². The molecule has 1 aromatic rings. The molecule has 0 aromatic heterocycles. The second-order valence-corrected chi connectivity index (χ2v) is 6.48. The molecule has 1 aliphatic rings. The number of piperidine rings is 1. The minimum absolute atomic E-state index is 0.224. The van der Waals surface area contributed by atoms with Crippen LogP contribution in [-0.2, 0) is 6.42 Å². The number of aliphatic hydroxyl groups is 1. The summed E-state index contributed by atoms with van der Waals surface area (Å²) in [6.45, 7) is 4.45. The Morgan fingerprint density at radius 1 is 1.43 bits per heavy atom. The van der Waals surface area contributed by atoms with Gasteiger partial charge in [-0.25, -0.2) is 0 Å². The average Bonchev–Trinajstić information content (AvgIpc) is 2.43. The van der Waals surface area contributed by atoms with E-state index in [1.54, 1.807) is 7.11 Å². The monoisotopic (exact) mass is 357 g/mol. The van der Waals surface area contributed by atoms with Crippen molar-refractivity contribution in [3.8, 4) is 11.5 Å². The van der Waals surface area contributed by atoms with Gasteiger partial charge in [0.05, 0.1) is 24.3 Å².